The van der Waals surface area contributed by atoms with Gasteiger partial charge in [0.25, 0.3) is 0 Å². The van der Waals surface area contributed by atoms with Crippen molar-refractivity contribution in [2.75, 3.05) is 38.1 Å². The van der Waals surface area contributed by atoms with Crippen LogP contribution < -0.4 is 10.6 Å². The number of anilines is 1. The monoisotopic (exact) mass is 326 g/mol. The van der Waals surface area contributed by atoms with Crippen LogP contribution in [0.2, 0.25) is 0 Å². The maximum absolute atomic E-state index is 11.8. The van der Waals surface area contributed by atoms with Crippen LogP contribution in [-0.4, -0.2) is 64.7 Å². The molecule has 0 aromatic carbocycles. The number of carbonyl (C=O) groups is 2. The Morgan fingerprint density at radius 1 is 1.30 bits per heavy atom. The third-order valence-corrected chi connectivity index (χ3v) is 3.19. The topological polar surface area (TPSA) is 101 Å². The highest BCUT2D eigenvalue weighted by Crippen LogP contribution is 1.99. The molecule has 0 saturated carbocycles. The summed E-state index contributed by atoms with van der Waals surface area (Å²) in [7, 11) is 0. The second kappa shape index (κ2) is 10.5. The number of hydrogen-bond acceptors (Lipinski definition) is 6. The lowest BCUT2D eigenvalue weighted by molar-refractivity contribution is -0.122. The van der Waals surface area contributed by atoms with Crippen LogP contribution >= 0.6 is 0 Å². The Morgan fingerprint density at radius 2 is 2.04 bits per heavy atom. The average Bonchev–Trinajstić information content (AvgIpc) is 2.94. The second-order valence-corrected chi connectivity index (χ2v) is 4.84. The van der Waals surface area contributed by atoms with Crippen molar-refractivity contribution in [2.45, 2.75) is 33.7 Å². The fourth-order valence-electron chi connectivity index (χ4n) is 1.96. The van der Waals surface area contributed by atoms with Gasteiger partial charge >= 0.3 is 6.09 Å². The van der Waals surface area contributed by atoms with Crippen molar-refractivity contribution in [3.63, 3.8) is 0 Å². The number of nitrogens with one attached hydrogen (secondary N) is 2. The van der Waals surface area contributed by atoms with Crippen molar-refractivity contribution < 1.29 is 14.3 Å². The van der Waals surface area contributed by atoms with E-state index in [1.54, 1.807) is 6.92 Å². The zero-order valence-corrected chi connectivity index (χ0v) is 14.0. The van der Waals surface area contributed by atoms with Gasteiger partial charge in [-0.1, -0.05) is 13.8 Å². The Kier molecular flexibility index (Phi) is 8.66. The molecule has 9 heteroatoms. The lowest BCUT2D eigenvalue weighted by Gasteiger charge is -2.17. The van der Waals surface area contributed by atoms with Crippen LogP contribution in [0.5, 0.6) is 0 Å². The van der Waals surface area contributed by atoms with Gasteiger partial charge in [0.2, 0.25) is 5.91 Å². The van der Waals surface area contributed by atoms with E-state index in [1.165, 1.54) is 11.0 Å². The van der Waals surface area contributed by atoms with E-state index < -0.39 is 6.09 Å². The fourth-order valence-corrected chi connectivity index (χ4v) is 1.96. The number of aromatic nitrogens is 3. The minimum absolute atomic E-state index is 0.00970. The molecule has 1 rings (SSSR count). The molecule has 0 fully saturated rings. The van der Waals surface area contributed by atoms with E-state index in [2.05, 4.69) is 39.6 Å². The molecule has 0 spiro atoms. The van der Waals surface area contributed by atoms with Crippen molar-refractivity contribution in [3.05, 3.63) is 6.20 Å². The zero-order valence-electron chi connectivity index (χ0n) is 14.0. The maximum Gasteiger partial charge on any atom is 0.412 e. The second-order valence-electron chi connectivity index (χ2n) is 4.84. The molecular weight excluding hydrogens is 300 g/mol. The molecule has 23 heavy (non-hydrogen) atoms. The highest BCUT2D eigenvalue weighted by Gasteiger charge is 2.09. The summed E-state index contributed by atoms with van der Waals surface area (Å²) in [5.41, 5.74) is 0. The smallest absolute Gasteiger partial charge is 0.412 e. The predicted octanol–water partition coefficient (Wildman–Crippen LogP) is 0.695. The standard InChI is InChI=1S/C14H26N6O3/c1-4-19(5-2)9-7-8-15-13(21)11-20-16-10-12(18-20)17-14(22)23-6-3/h10H,4-9,11H2,1-3H3,(H,15,21)(H,17,18,22). The normalized spacial score (nSPS) is 10.6. The van der Waals surface area contributed by atoms with Crippen LogP contribution in [0.1, 0.15) is 27.2 Å². The summed E-state index contributed by atoms with van der Waals surface area (Å²) in [6.07, 6.45) is 1.67. The number of carbonyl (C=O) groups excluding carboxylic acids is 2. The average molecular weight is 326 g/mol. The van der Waals surface area contributed by atoms with Gasteiger partial charge in [-0.25, -0.2) is 4.79 Å². The number of rotatable bonds is 10. The molecule has 0 atom stereocenters. The molecule has 1 heterocycles. The number of hydrogen-bond donors (Lipinski definition) is 2. The number of amides is 2. The third-order valence-electron chi connectivity index (χ3n) is 3.19. The van der Waals surface area contributed by atoms with Crippen molar-refractivity contribution >= 4 is 17.8 Å². The summed E-state index contributed by atoms with van der Waals surface area (Å²) in [4.78, 5) is 26.5. The minimum atomic E-state index is -0.597. The number of nitrogens with zero attached hydrogens (tertiary/aromatic N) is 4. The molecule has 0 aliphatic rings. The highest BCUT2D eigenvalue weighted by atomic mass is 16.5. The predicted molar refractivity (Wildman–Crippen MR) is 86.1 cm³/mol. The van der Waals surface area contributed by atoms with Crippen molar-refractivity contribution in [3.8, 4) is 0 Å². The molecule has 0 radical (unpaired) electrons. The molecular formula is C14H26N6O3. The van der Waals surface area contributed by atoms with Gasteiger partial charge in [-0.15, -0.1) is 5.10 Å². The molecule has 2 amide bonds. The first-order chi connectivity index (χ1) is 11.1. The molecule has 0 unspecified atom stereocenters. The molecule has 0 aliphatic heterocycles. The van der Waals surface area contributed by atoms with Gasteiger partial charge in [0.05, 0.1) is 12.8 Å². The first-order valence-corrected chi connectivity index (χ1v) is 7.91. The Morgan fingerprint density at radius 3 is 2.70 bits per heavy atom. The summed E-state index contributed by atoms with van der Waals surface area (Å²) in [5, 5.41) is 13.1. The molecule has 0 aliphatic carbocycles. The Labute approximate surface area is 136 Å². The van der Waals surface area contributed by atoms with E-state index >= 15 is 0 Å². The SMILES string of the molecule is CCOC(=O)Nc1cnn(CC(=O)NCCCN(CC)CC)n1. The van der Waals surface area contributed by atoms with Gasteiger partial charge in [-0.2, -0.15) is 9.90 Å². The van der Waals surface area contributed by atoms with Gasteiger partial charge in [0.1, 0.15) is 6.54 Å². The van der Waals surface area contributed by atoms with Gasteiger partial charge in [0, 0.05) is 6.54 Å². The van der Waals surface area contributed by atoms with Crippen LogP contribution in [0.15, 0.2) is 6.20 Å². The molecule has 0 bridgehead atoms. The van der Waals surface area contributed by atoms with Gasteiger partial charge in [-0.05, 0) is 33.0 Å². The summed E-state index contributed by atoms with van der Waals surface area (Å²) in [5.74, 6) is 0.0839. The largest absolute Gasteiger partial charge is 0.450 e. The summed E-state index contributed by atoms with van der Waals surface area (Å²) in [6, 6.07) is 0. The molecule has 2 N–H and O–H groups in total. The van der Waals surface area contributed by atoms with Crippen molar-refractivity contribution in [1.29, 1.82) is 0 Å². The van der Waals surface area contributed by atoms with Gasteiger partial charge in [0.15, 0.2) is 5.82 Å². The van der Waals surface area contributed by atoms with Crippen LogP contribution in [0.25, 0.3) is 0 Å². The van der Waals surface area contributed by atoms with E-state index in [0.29, 0.717) is 6.54 Å². The lowest BCUT2D eigenvalue weighted by Crippen LogP contribution is -2.32. The third kappa shape index (κ3) is 7.59. The fraction of sp³-hybridized carbons (Fsp3) is 0.714. The first kappa shape index (κ1) is 18.9. The van der Waals surface area contributed by atoms with Gasteiger partial charge < -0.3 is 15.0 Å². The summed E-state index contributed by atoms with van der Waals surface area (Å²) < 4.78 is 4.73. The Balaban J connectivity index is 2.26. The van der Waals surface area contributed by atoms with E-state index in [-0.39, 0.29) is 24.9 Å². The highest BCUT2D eigenvalue weighted by molar-refractivity contribution is 5.83. The maximum atomic E-state index is 11.8. The summed E-state index contributed by atoms with van der Waals surface area (Å²) >= 11 is 0. The Hall–Kier alpha value is -2.16. The van der Waals surface area contributed by atoms with Crippen LogP contribution in [0.3, 0.4) is 0 Å². The lowest BCUT2D eigenvalue weighted by atomic mass is 10.3. The van der Waals surface area contributed by atoms with Crippen LogP contribution in [0, 0.1) is 0 Å². The van der Waals surface area contributed by atoms with Gasteiger partial charge in [-0.3, -0.25) is 10.1 Å². The molecule has 1 aromatic heterocycles. The minimum Gasteiger partial charge on any atom is -0.450 e. The van der Waals surface area contributed by atoms with E-state index in [4.69, 9.17) is 4.74 Å². The number of ether oxygens (including phenoxy) is 1. The molecule has 1 aromatic rings. The van der Waals surface area contributed by atoms with Crippen LogP contribution in [0.4, 0.5) is 10.6 Å². The Bertz CT molecular complexity index is 487. The zero-order chi connectivity index (χ0) is 17.1. The van der Waals surface area contributed by atoms with E-state index in [1.807, 2.05) is 0 Å². The van der Waals surface area contributed by atoms with Crippen LogP contribution in [-0.2, 0) is 16.1 Å². The molecule has 130 valence electrons. The quantitative estimate of drug-likeness (QED) is 0.614. The van der Waals surface area contributed by atoms with E-state index in [9.17, 15) is 9.59 Å². The van der Waals surface area contributed by atoms with E-state index in [0.717, 1.165) is 26.1 Å². The molecule has 9 nitrogen and oxygen atoms in total. The van der Waals surface area contributed by atoms with Crippen molar-refractivity contribution in [1.82, 2.24) is 25.2 Å². The first-order valence-electron chi connectivity index (χ1n) is 7.91. The summed E-state index contributed by atoms with van der Waals surface area (Å²) in [6.45, 7) is 9.83. The van der Waals surface area contributed by atoms with Crippen molar-refractivity contribution in [2.24, 2.45) is 0 Å². The molecule has 0 saturated heterocycles.